The number of hydrogen-bond donors (Lipinski definition) is 2. The van der Waals surface area contributed by atoms with Crippen molar-refractivity contribution in [2.75, 3.05) is 44.9 Å². The summed E-state index contributed by atoms with van der Waals surface area (Å²) in [7, 11) is 2.01. The van der Waals surface area contributed by atoms with Crippen molar-refractivity contribution < 1.29 is 19.4 Å². The van der Waals surface area contributed by atoms with E-state index in [1.54, 1.807) is 0 Å². The second-order valence-corrected chi connectivity index (χ2v) is 5.76. The van der Waals surface area contributed by atoms with Crippen LogP contribution >= 0.6 is 11.8 Å². The first kappa shape index (κ1) is 14.4. The van der Waals surface area contributed by atoms with Crippen molar-refractivity contribution in [2.24, 2.45) is 0 Å². The summed E-state index contributed by atoms with van der Waals surface area (Å²) in [5, 5.41) is 11.8. The highest BCUT2D eigenvalue weighted by Crippen LogP contribution is 2.20. The molecule has 0 aromatic heterocycles. The van der Waals surface area contributed by atoms with Gasteiger partial charge in [0.05, 0.1) is 18.6 Å². The summed E-state index contributed by atoms with van der Waals surface area (Å²) in [6, 6.07) is -1.05. The molecular formula is C11H19N3O4S. The van der Waals surface area contributed by atoms with Crippen molar-refractivity contribution in [3.63, 3.8) is 0 Å². The first-order valence-electron chi connectivity index (χ1n) is 6.23. The largest absolute Gasteiger partial charge is 0.480 e. The summed E-state index contributed by atoms with van der Waals surface area (Å²) in [4.78, 5) is 26.5. The van der Waals surface area contributed by atoms with E-state index in [0.29, 0.717) is 24.8 Å². The maximum Gasteiger partial charge on any atom is 0.327 e. The lowest BCUT2D eigenvalue weighted by molar-refractivity contribution is -0.140. The van der Waals surface area contributed by atoms with Crippen molar-refractivity contribution in [3.8, 4) is 0 Å². The fourth-order valence-corrected chi connectivity index (χ4v) is 3.29. The number of carboxylic acid groups (broad SMARTS) is 1. The summed E-state index contributed by atoms with van der Waals surface area (Å²) in [5.74, 6) is -0.0755. The average molecular weight is 289 g/mol. The predicted octanol–water partition coefficient (Wildman–Crippen LogP) is -0.514. The lowest BCUT2D eigenvalue weighted by atomic mass is 10.3. The molecule has 7 nitrogen and oxygen atoms in total. The van der Waals surface area contributed by atoms with Gasteiger partial charge in [0.1, 0.15) is 6.04 Å². The van der Waals surface area contributed by atoms with Crippen LogP contribution in [0.5, 0.6) is 0 Å². The third kappa shape index (κ3) is 3.74. The summed E-state index contributed by atoms with van der Waals surface area (Å²) in [6.07, 6.45) is -0.0266. The molecule has 2 saturated heterocycles. The van der Waals surface area contributed by atoms with Crippen molar-refractivity contribution in [3.05, 3.63) is 0 Å². The van der Waals surface area contributed by atoms with E-state index >= 15 is 0 Å². The van der Waals surface area contributed by atoms with Crippen LogP contribution < -0.4 is 5.32 Å². The molecule has 2 atom stereocenters. The Bertz CT molecular complexity index is 355. The van der Waals surface area contributed by atoms with Gasteiger partial charge < -0.3 is 25.0 Å². The second kappa shape index (κ2) is 6.44. The molecule has 2 N–H and O–H groups in total. The molecule has 8 heteroatoms. The van der Waals surface area contributed by atoms with Crippen molar-refractivity contribution >= 4 is 23.8 Å². The Balaban J connectivity index is 1.79. The van der Waals surface area contributed by atoms with Gasteiger partial charge in [0, 0.05) is 25.4 Å². The molecule has 2 unspecified atom stereocenters. The van der Waals surface area contributed by atoms with Crippen molar-refractivity contribution in [1.82, 2.24) is 15.1 Å². The second-order valence-electron chi connectivity index (χ2n) is 4.76. The van der Waals surface area contributed by atoms with Gasteiger partial charge in [0.25, 0.3) is 0 Å². The lowest BCUT2D eigenvalue weighted by Crippen LogP contribution is -2.51. The van der Waals surface area contributed by atoms with E-state index in [0.717, 1.165) is 13.1 Å². The Hall–Kier alpha value is -0.990. The summed E-state index contributed by atoms with van der Waals surface area (Å²) >= 11 is 1.45. The molecule has 2 fully saturated rings. The standard InChI is InChI=1S/C11H19N3O4S/c1-13-2-3-18-8(5-13)4-12-11(17)14-7-19-6-9(14)10(15)16/h8-9H,2-7H2,1H3,(H,12,17)(H,15,16). The zero-order chi connectivity index (χ0) is 13.8. The molecule has 0 radical (unpaired) electrons. The first-order valence-corrected chi connectivity index (χ1v) is 7.38. The van der Waals surface area contributed by atoms with E-state index in [1.807, 2.05) is 7.05 Å². The number of rotatable bonds is 3. The van der Waals surface area contributed by atoms with Crippen molar-refractivity contribution in [1.29, 1.82) is 0 Å². The maximum absolute atomic E-state index is 12.0. The third-order valence-electron chi connectivity index (χ3n) is 3.25. The minimum absolute atomic E-state index is 0.0266. The Kier molecular flexibility index (Phi) is 4.89. The Morgan fingerprint density at radius 3 is 3.00 bits per heavy atom. The fourth-order valence-electron chi connectivity index (χ4n) is 2.14. The van der Waals surface area contributed by atoms with Gasteiger partial charge in [-0.1, -0.05) is 0 Å². The number of likely N-dealkylation sites (N-methyl/N-ethyl adjacent to an activating group) is 1. The van der Waals surface area contributed by atoms with Gasteiger partial charge in [-0.05, 0) is 7.05 Å². The van der Waals surface area contributed by atoms with E-state index < -0.39 is 12.0 Å². The van der Waals surface area contributed by atoms with Crippen LogP contribution in [0.25, 0.3) is 0 Å². The van der Waals surface area contributed by atoms with Crippen LogP contribution in [0.1, 0.15) is 0 Å². The van der Waals surface area contributed by atoms with Crippen LogP contribution in [0, 0.1) is 0 Å². The van der Waals surface area contributed by atoms with Gasteiger partial charge in [-0.3, -0.25) is 0 Å². The lowest BCUT2D eigenvalue weighted by Gasteiger charge is -2.30. The molecule has 19 heavy (non-hydrogen) atoms. The molecule has 0 aromatic carbocycles. The zero-order valence-corrected chi connectivity index (χ0v) is 11.7. The molecule has 2 rings (SSSR count). The number of hydrogen-bond acceptors (Lipinski definition) is 5. The normalized spacial score (nSPS) is 28.4. The van der Waals surface area contributed by atoms with Gasteiger partial charge in [0.2, 0.25) is 0 Å². The maximum atomic E-state index is 12.0. The molecule has 2 aliphatic heterocycles. The third-order valence-corrected chi connectivity index (χ3v) is 4.26. The number of ether oxygens (including phenoxy) is 1. The molecule has 0 aliphatic carbocycles. The Labute approximate surface area is 116 Å². The molecular weight excluding hydrogens is 270 g/mol. The number of nitrogens with one attached hydrogen (secondary N) is 1. The highest BCUT2D eigenvalue weighted by Gasteiger charge is 2.34. The number of carbonyl (C=O) groups is 2. The summed E-state index contributed by atoms with van der Waals surface area (Å²) in [5.41, 5.74) is 0. The minimum Gasteiger partial charge on any atom is -0.480 e. The number of amides is 2. The van der Waals surface area contributed by atoms with Crippen LogP contribution in [0.4, 0.5) is 4.79 Å². The number of nitrogens with zero attached hydrogens (tertiary/aromatic N) is 2. The number of urea groups is 1. The van der Waals surface area contributed by atoms with Gasteiger partial charge >= 0.3 is 12.0 Å². The van der Waals surface area contributed by atoms with Crippen LogP contribution in [-0.4, -0.2) is 84.0 Å². The molecule has 0 saturated carbocycles. The SMILES string of the molecule is CN1CCOC(CNC(=O)N2CSCC2C(=O)O)C1. The smallest absolute Gasteiger partial charge is 0.327 e. The number of aliphatic carboxylic acids is 1. The van der Waals surface area contributed by atoms with Gasteiger partial charge in [0.15, 0.2) is 0 Å². The van der Waals surface area contributed by atoms with Gasteiger partial charge in [-0.25, -0.2) is 9.59 Å². The summed E-state index contributed by atoms with van der Waals surface area (Å²) < 4.78 is 5.54. The highest BCUT2D eigenvalue weighted by atomic mass is 32.2. The van der Waals surface area contributed by atoms with Gasteiger partial charge in [-0.15, -0.1) is 11.8 Å². The topological polar surface area (TPSA) is 82.1 Å². The predicted molar refractivity (Wildman–Crippen MR) is 71.2 cm³/mol. The van der Waals surface area contributed by atoms with Crippen LogP contribution in [-0.2, 0) is 9.53 Å². The highest BCUT2D eigenvalue weighted by molar-refractivity contribution is 7.99. The minimum atomic E-state index is -0.950. The number of morpholine rings is 1. The Morgan fingerprint density at radius 2 is 2.32 bits per heavy atom. The number of thioether (sulfide) groups is 1. The average Bonchev–Trinajstić information content (AvgIpc) is 2.85. The summed E-state index contributed by atoms with van der Waals surface area (Å²) in [6.45, 7) is 2.75. The fraction of sp³-hybridized carbons (Fsp3) is 0.818. The van der Waals surface area contributed by atoms with Crippen LogP contribution in [0.15, 0.2) is 0 Å². The van der Waals surface area contributed by atoms with E-state index in [9.17, 15) is 9.59 Å². The first-order chi connectivity index (χ1) is 9.08. The number of carboxylic acids is 1. The molecule has 108 valence electrons. The molecule has 0 aromatic rings. The molecule has 2 heterocycles. The van der Waals surface area contributed by atoms with E-state index in [2.05, 4.69) is 10.2 Å². The molecule has 2 aliphatic rings. The molecule has 2 amide bonds. The number of carbonyl (C=O) groups excluding carboxylic acids is 1. The quantitative estimate of drug-likeness (QED) is 0.728. The molecule has 0 spiro atoms. The Morgan fingerprint density at radius 1 is 1.53 bits per heavy atom. The van der Waals surface area contributed by atoms with E-state index in [-0.39, 0.29) is 12.1 Å². The molecule has 0 bridgehead atoms. The van der Waals surface area contributed by atoms with Gasteiger partial charge in [-0.2, -0.15) is 0 Å². The zero-order valence-electron chi connectivity index (χ0n) is 10.9. The monoisotopic (exact) mass is 289 g/mol. The van der Waals surface area contributed by atoms with Crippen LogP contribution in [0.2, 0.25) is 0 Å². The van der Waals surface area contributed by atoms with Crippen molar-refractivity contribution in [2.45, 2.75) is 12.1 Å². The van der Waals surface area contributed by atoms with E-state index in [1.165, 1.54) is 16.7 Å². The van der Waals surface area contributed by atoms with Crippen LogP contribution in [0.3, 0.4) is 0 Å². The van der Waals surface area contributed by atoms with E-state index in [4.69, 9.17) is 9.84 Å².